The van der Waals surface area contributed by atoms with E-state index >= 15 is 0 Å². The number of ether oxygens (including phenoxy) is 1. The molecular formula is C17H22N2O4S. The molecule has 130 valence electrons. The summed E-state index contributed by atoms with van der Waals surface area (Å²) < 4.78 is 5.23. The van der Waals surface area contributed by atoms with Gasteiger partial charge < -0.3 is 15.4 Å². The molecule has 6 nitrogen and oxygen atoms in total. The summed E-state index contributed by atoms with van der Waals surface area (Å²) in [6.07, 6.45) is 5.36. The standard InChI is InChI=1S/C17H22N2O4S/c18-16(21)11-5-7-19(8-6-11)15(20)9-23-17(22)13-10-24-14-4-2-1-3-12(13)14/h10-11H,1-9H2,(H2,18,21). The molecule has 1 aliphatic heterocycles. The van der Waals surface area contributed by atoms with Gasteiger partial charge >= 0.3 is 5.97 Å². The van der Waals surface area contributed by atoms with Gasteiger partial charge in [-0.25, -0.2) is 4.79 Å². The topological polar surface area (TPSA) is 89.7 Å². The van der Waals surface area contributed by atoms with Crippen LogP contribution in [0.5, 0.6) is 0 Å². The summed E-state index contributed by atoms with van der Waals surface area (Å²) in [5.74, 6) is -1.09. The van der Waals surface area contributed by atoms with Crippen LogP contribution in [-0.4, -0.2) is 42.4 Å². The third-order valence-electron chi connectivity index (χ3n) is 4.86. The predicted molar refractivity (Wildman–Crippen MR) is 89.7 cm³/mol. The van der Waals surface area contributed by atoms with Gasteiger partial charge in [0.25, 0.3) is 5.91 Å². The summed E-state index contributed by atoms with van der Waals surface area (Å²) in [4.78, 5) is 38.5. The lowest BCUT2D eigenvalue weighted by molar-refractivity contribution is -0.137. The van der Waals surface area contributed by atoms with Crippen LogP contribution in [0.1, 0.15) is 46.5 Å². The van der Waals surface area contributed by atoms with Crippen LogP contribution in [0.15, 0.2) is 5.38 Å². The lowest BCUT2D eigenvalue weighted by atomic mass is 9.96. The van der Waals surface area contributed by atoms with E-state index in [2.05, 4.69) is 0 Å². The lowest BCUT2D eigenvalue weighted by Crippen LogP contribution is -2.43. The zero-order chi connectivity index (χ0) is 17.1. The molecule has 3 rings (SSSR count). The highest BCUT2D eigenvalue weighted by Crippen LogP contribution is 2.30. The molecule has 1 aromatic rings. The second-order valence-electron chi connectivity index (χ2n) is 6.39. The number of aryl methyl sites for hydroxylation is 1. The van der Waals surface area contributed by atoms with E-state index in [1.54, 1.807) is 16.2 Å². The van der Waals surface area contributed by atoms with Gasteiger partial charge in [0, 0.05) is 29.3 Å². The van der Waals surface area contributed by atoms with Gasteiger partial charge in [-0.3, -0.25) is 9.59 Å². The molecule has 2 N–H and O–H groups in total. The molecule has 0 bridgehead atoms. The number of likely N-dealkylation sites (tertiary alicyclic amines) is 1. The Balaban J connectivity index is 1.51. The number of nitrogens with zero attached hydrogens (tertiary/aromatic N) is 1. The first-order valence-corrected chi connectivity index (χ1v) is 9.27. The Morgan fingerprint density at radius 1 is 1.21 bits per heavy atom. The van der Waals surface area contributed by atoms with E-state index in [1.165, 1.54) is 11.3 Å². The number of hydrogen-bond acceptors (Lipinski definition) is 5. The Bertz CT molecular complexity index is 647. The average Bonchev–Trinajstić information content (AvgIpc) is 3.03. The highest BCUT2D eigenvalue weighted by molar-refractivity contribution is 7.10. The zero-order valence-electron chi connectivity index (χ0n) is 13.6. The minimum absolute atomic E-state index is 0.158. The van der Waals surface area contributed by atoms with Crippen molar-refractivity contribution < 1.29 is 19.1 Å². The normalized spacial score (nSPS) is 18.1. The van der Waals surface area contributed by atoms with Crippen molar-refractivity contribution in [1.29, 1.82) is 0 Å². The van der Waals surface area contributed by atoms with E-state index in [9.17, 15) is 14.4 Å². The number of hydrogen-bond donors (Lipinski definition) is 1. The molecule has 0 unspecified atom stereocenters. The number of thiophene rings is 1. The molecule has 0 spiro atoms. The van der Waals surface area contributed by atoms with Crippen LogP contribution in [0, 0.1) is 5.92 Å². The molecule has 1 aliphatic carbocycles. The molecule has 0 aromatic carbocycles. The van der Waals surface area contributed by atoms with Crippen LogP contribution < -0.4 is 5.73 Å². The zero-order valence-corrected chi connectivity index (χ0v) is 14.4. The first-order valence-electron chi connectivity index (χ1n) is 8.39. The Morgan fingerprint density at radius 3 is 2.62 bits per heavy atom. The summed E-state index contributed by atoms with van der Waals surface area (Å²) in [5.41, 5.74) is 7.01. The summed E-state index contributed by atoms with van der Waals surface area (Å²) in [7, 11) is 0. The number of primary amides is 1. The molecule has 0 radical (unpaired) electrons. The van der Waals surface area contributed by atoms with Crippen LogP contribution in [0.2, 0.25) is 0 Å². The van der Waals surface area contributed by atoms with Crippen molar-refractivity contribution in [1.82, 2.24) is 4.90 Å². The van der Waals surface area contributed by atoms with Gasteiger partial charge in [0.15, 0.2) is 6.61 Å². The first-order chi connectivity index (χ1) is 11.6. The van der Waals surface area contributed by atoms with Gasteiger partial charge in [-0.05, 0) is 44.1 Å². The Hall–Kier alpha value is -1.89. The van der Waals surface area contributed by atoms with Crippen LogP contribution in [0.4, 0.5) is 0 Å². The van der Waals surface area contributed by atoms with E-state index in [4.69, 9.17) is 10.5 Å². The van der Waals surface area contributed by atoms with Crippen molar-refractivity contribution >= 4 is 29.1 Å². The minimum Gasteiger partial charge on any atom is -0.452 e. The average molecular weight is 350 g/mol. The smallest absolute Gasteiger partial charge is 0.339 e. The molecule has 0 saturated carbocycles. The maximum absolute atomic E-state index is 12.3. The molecule has 1 fully saturated rings. The predicted octanol–water partition coefficient (Wildman–Crippen LogP) is 1.51. The Kier molecular flexibility index (Phi) is 5.18. The number of amides is 2. The maximum atomic E-state index is 12.3. The molecule has 2 aliphatic rings. The van der Waals surface area contributed by atoms with Crippen molar-refractivity contribution in [2.24, 2.45) is 11.7 Å². The third-order valence-corrected chi connectivity index (χ3v) is 5.95. The van der Waals surface area contributed by atoms with Gasteiger partial charge in [-0.15, -0.1) is 11.3 Å². The number of piperidine rings is 1. The van der Waals surface area contributed by atoms with Crippen molar-refractivity contribution in [3.05, 3.63) is 21.4 Å². The quantitative estimate of drug-likeness (QED) is 0.834. The second kappa shape index (κ2) is 7.34. The molecule has 0 atom stereocenters. The van der Waals surface area contributed by atoms with Crippen LogP contribution in [-0.2, 0) is 27.2 Å². The second-order valence-corrected chi connectivity index (χ2v) is 7.36. The van der Waals surface area contributed by atoms with E-state index in [-0.39, 0.29) is 24.3 Å². The van der Waals surface area contributed by atoms with Crippen LogP contribution in [0.3, 0.4) is 0 Å². The van der Waals surface area contributed by atoms with E-state index in [1.807, 2.05) is 5.38 Å². The largest absolute Gasteiger partial charge is 0.452 e. The van der Waals surface area contributed by atoms with Gasteiger partial charge in [0.2, 0.25) is 5.91 Å². The molecule has 2 heterocycles. The first kappa shape index (κ1) is 17.0. The van der Waals surface area contributed by atoms with Crippen LogP contribution in [0.25, 0.3) is 0 Å². The van der Waals surface area contributed by atoms with Crippen molar-refractivity contribution in [3.8, 4) is 0 Å². The Labute approximate surface area is 145 Å². The number of esters is 1. The van der Waals surface area contributed by atoms with Gasteiger partial charge in [-0.1, -0.05) is 0 Å². The number of fused-ring (bicyclic) bond motifs is 1. The highest BCUT2D eigenvalue weighted by atomic mass is 32.1. The monoisotopic (exact) mass is 350 g/mol. The fourth-order valence-electron chi connectivity index (χ4n) is 3.37. The van der Waals surface area contributed by atoms with Crippen molar-refractivity contribution in [2.75, 3.05) is 19.7 Å². The van der Waals surface area contributed by atoms with E-state index in [0.29, 0.717) is 31.5 Å². The third kappa shape index (κ3) is 3.61. The van der Waals surface area contributed by atoms with Gasteiger partial charge in [0.1, 0.15) is 0 Å². The molecule has 7 heteroatoms. The summed E-state index contributed by atoms with van der Waals surface area (Å²) in [6, 6.07) is 0. The SMILES string of the molecule is NC(=O)C1CCN(C(=O)COC(=O)c2csc3c2CCCC3)CC1. The molecule has 24 heavy (non-hydrogen) atoms. The molecule has 1 aromatic heterocycles. The molecule has 1 saturated heterocycles. The van der Waals surface area contributed by atoms with Gasteiger partial charge in [0.05, 0.1) is 5.56 Å². The molecular weight excluding hydrogens is 328 g/mol. The minimum atomic E-state index is -0.408. The summed E-state index contributed by atoms with van der Waals surface area (Å²) in [5, 5.41) is 1.85. The number of carbonyl (C=O) groups is 3. The summed E-state index contributed by atoms with van der Waals surface area (Å²) in [6.45, 7) is 0.723. The number of nitrogens with two attached hydrogens (primary N) is 1. The number of rotatable bonds is 4. The van der Waals surface area contributed by atoms with E-state index in [0.717, 1.165) is 24.8 Å². The summed E-state index contributed by atoms with van der Waals surface area (Å²) >= 11 is 1.61. The lowest BCUT2D eigenvalue weighted by Gasteiger charge is -2.30. The van der Waals surface area contributed by atoms with Crippen molar-refractivity contribution in [2.45, 2.75) is 38.5 Å². The highest BCUT2D eigenvalue weighted by Gasteiger charge is 2.27. The van der Waals surface area contributed by atoms with Crippen LogP contribution >= 0.6 is 11.3 Å². The van der Waals surface area contributed by atoms with Crippen molar-refractivity contribution in [3.63, 3.8) is 0 Å². The maximum Gasteiger partial charge on any atom is 0.339 e. The fraction of sp³-hybridized carbons (Fsp3) is 0.588. The molecule has 2 amide bonds. The Morgan fingerprint density at radius 2 is 1.92 bits per heavy atom. The number of carbonyl (C=O) groups excluding carboxylic acids is 3. The fourth-order valence-corrected chi connectivity index (χ4v) is 4.49. The van der Waals surface area contributed by atoms with E-state index < -0.39 is 5.97 Å². The van der Waals surface area contributed by atoms with Gasteiger partial charge in [-0.2, -0.15) is 0 Å².